The highest BCUT2D eigenvalue weighted by Gasteiger charge is 2.19. The summed E-state index contributed by atoms with van der Waals surface area (Å²) >= 11 is 0. The number of aromatic nitrogens is 2. The Balaban J connectivity index is 1.59. The van der Waals surface area contributed by atoms with Gasteiger partial charge in [0, 0.05) is 31.5 Å². The van der Waals surface area contributed by atoms with E-state index in [1.807, 2.05) is 12.4 Å². The lowest BCUT2D eigenvalue weighted by Gasteiger charge is -2.07. The lowest BCUT2D eigenvalue weighted by Crippen LogP contribution is -2.20. The van der Waals surface area contributed by atoms with Gasteiger partial charge in [-0.25, -0.2) is 4.98 Å². The molecule has 1 heterocycles. The van der Waals surface area contributed by atoms with E-state index in [1.165, 1.54) is 12.8 Å². The average Bonchev–Trinajstić information content (AvgIpc) is 2.96. The molecule has 15 heavy (non-hydrogen) atoms. The first-order valence-electron chi connectivity index (χ1n) is 5.88. The molecule has 1 aromatic rings. The normalized spacial score (nSPS) is 15.5. The van der Waals surface area contributed by atoms with Crippen LogP contribution in [0.3, 0.4) is 0 Å². The SMILES string of the molecule is CCn1ccnc1NCCCNC1CC1. The quantitative estimate of drug-likeness (QED) is 0.667. The maximum atomic E-state index is 4.26. The molecule has 4 heteroatoms. The number of imidazole rings is 1. The summed E-state index contributed by atoms with van der Waals surface area (Å²) in [4.78, 5) is 4.26. The Hall–Kier alpha value is -1.03. The van der Waals surface area contributed by atoms with E-state index in [0.29, 0.717) is 0 Å². The molecule has 0 bridgehead atoms. The Kier molecular flexibility index (Phi) is 3.61. The molecule has 1 saturated carbocycles. The van der Waals surface area contributed by atoms with Crippen LogP contribution in [0.5, 0.6) is 0 Å². The molecule has 2 rings (SSSR count). The summed E-state index contributed by atoms with van der Waals surface area (Å²) in [6.45, 7) is 5.21. The summed E-state index contributed by atoms with van der Waals surface area (Å²) in [5.41, 5.74) is 0. The van der Waals surface area contributed by atoms with Crippen molar-refractivity contribution in [3.05, 3.63) is 12.4 Å². The molecule has 0 atom stereocenters. The van der Waals surface area contributed by atoms with Gasteiger partial charge in [-0.2, -0.15) is 0 Å². The molecular formula is C11H20N4. The molecule has 1 fully saturated rings. The van der Waals surface area contributed by atoms with E-state index in [0.717, 1.165) is 38.0 Å². The zero-order chi connectivity index (χ0) is 10.5. The Morgan fingerprint density at radius 3 is 3.07 bits per heavy atom. The zero-order valence-corrected chi connectivity index (χ0v) is 9.37. The van der Waals surface area contributed by atoms with Crippen molar-refractivity contribution in [2.75, 3.05) is 18.4 Å². The predicted octanol–water partition coefficient (Wildman–Crippen LogP) is 1.46. The fourth-order valence-corrected chi connectivity index (χ4v) is 1.61. The Morgan fingerprint density at radius 2 is 2.33 bits per heavy atom. The number of nitrogens with zero attached hydrogens (tertiary/aromatic N) is 2. The van der Waals surface area contributed by atoms with Crippen LogP contribution in [0, 0.1) is 0 Å². The number of anilines is 1. The second kappa shape index (κ2) is 5.16. The van der Waals surface area contributed by atoms with Crippen molar-refractivity contribution in [2.45, 2.75) is 38.8 Å². The van der Waals surface area contributed by atoms with Gasteiger partial charge in [-0.1, -0.05) is 0 Å². The highest BCUT2D eigenvalue weighted by Crippen LogP contribution is 2.18. The molecule has 0 saturated heterocycles. The molecule has 1 aliphatic carbocycles. The van der Waals surface area contributed by atoms with Crippen molar-refractivity contribution in [3.8, 4) is 0 Å². The highest BCUT2D eigenvalue weighted by molar-refractivity contribution is 5.25. The molecule has 0 unspecified atom stereocenters. The molecule has 0 spiro atoms. The fourth-order valence-electron chi connectivity index (χ4n) is 1.61. The van der Waals surface area contributed by atoms with Gasteiger partial charge in [-0.05, 0) is 32.7 Å². The van der Waals surface area contributed by atoms with Crippen LogP contribution < -0.4 is 10.6 Å². The smallest absolute Gasteiger partial charge is 0.202 e. The highest BCUT2D eigenvalue weighted by atomic mass is 15.2. The van der Waals surface area contributed by atoms with Gasteiger partial charge in [0.15, 0.2) is 0 Å². The molecule has 1 aliphatic rings. The van der Waals surface area contributed by atoms with Crippen molar-refractivity contribution in [3.63, 3.8) is 0 Å². The third-order valence-electron chi connectivity index (χ3n) is 2.70. The molecule has 0 aliphatic heterocycles. The number of hydrogen-bond donors (Lipinski definition) is 2. The predicted molar refractivity (Wildman–Crippen MR) is 62.0 cm³/mol. The second-order valence-electron chi connectivity index (χ2n) is 4.05. The zero-order valence-electron chi connectivity index (χ0n) is 9.37. The van der Waals surface area contributed by atoms with Crippen molar-refractivity contribution in [2.24, 2.45) is 0 Å². The van der Waals surface area contributed by atoms with Gasteiger partial charge in [-0.3, -0.25) is 0 Å². The topological polar surface area (TPSA) is 41.9 Å². The van der Waals surface area contributed by atoms with Gasteiger partial charge in [0.2, 0.25) is 5.95 Å². The van der Waals surface area contributed by atoms with Crippen LogP contribution in [-0.2, 0) is 6.54 Å². The van der Waals surface area contributed by atoms with E-state index in [4.69, 9.17) is 0 Å². The summed E-state index contributed by atoms with van der Waals surface area (Å²) in [5.74, 6) is 0.990. The van der Waals surface area contributed by atoms with Crippen LogP contribution in [0.15, 0.2) is 12.4 Å². The molecule has 0 radical (unpaired) electrons. The van der Waals surface area contributed by atoms with Crippen LogP contribution in [0.1, 0.15) is 26.2 Å². The van der Waals surface area contributed by atoms with Crippen LogP contribution in [0.25, 0.3) is 0 Å². The maximum absolute atomic E-state index is 4.26. The van der Waals surface area contributed by atoms with Crippen LogP contribution in [-0.4, -0.2) is 28.7 Å². The van der Waals surface area contributed by atoms with Crippen molar-refractivity contribution in [1.29, 1.82) is 0 Å². The van der Waals surface area contributed by atoms with Gasteiger partial charge in [0.05, 0.1) is 0 Å². The summed E-state index contributed by atoms with van der Waals surface area (Å²) < 4.78 is 2.12. The third kappa shape index (κ3) is 3.23. The minimum atomic E-state index is 0.822. The second-order valence-corrected chi connectivity index (χ2v) is 4.05. The molecule has 1 aromatic heterocycles. The van der Waals surface area contributed by atoms with E-state index >= 15 is 0 Å². The van der Waals surface area contributed by atoms with E-state index in [9.17, 15) is 0 Å². The maximum Gasteiger partial charge on any atom is 0.202 e. The standard InChI is InChI=1S/C11H20N4/c1-2-15-9-8-14-11(15)13-7-3-6-12-10-4-5-10/h8-10,12H,2-7H2,1H3,(H,13,14). The molecule has 4 nitrogen and oxygen atoms in total. The number of nitrogens with one attached hydrogen (secondary N) is 2. The largest absolute Gasteiger partial charge is 0.356 e. The van der Waals surface area contributed by atoms with E-state index in [2.05, 4.69) is 27.1 Å². The van der Waals surface area contributed by atoms with Gasteiger partial charge >= 0.3 is 0 Å². The molecular weight excluding hydrogens is 188 g/mol. The molecule has 0 amide bonds. The first kappa shape index (κ1) is 10.5. The van der Waals surface area contributed by atoms with Crippen LogP contribution in [0.2, 0.25) is 0 Å². The molecule has 84 valence electrons. The minimum Gasteiger partial charge on any atom is -0.356 e. The summed E-state index contributed by atoms with van der Waals surface area (Å²) in [5, 5.41) is 6.85. The Bertz CT molecular complexity index is 291. The Labute approximate surface area is 91.1 Å². The minimum absolute atomic E-state index is 0.822. The van der Waals surface area contributed by atoms with Crippen molar-refractivity contribution in [1.82, 2.24) is 14.9 Å². The van der Waals surface area contributed by atoms with E-state index in [-0.39, 0.29) is 0 Å². The summed E-state index contributed by atoms with van der Waals surface area (Å²) in [6, 6.07) is 0.822. The third-order valence-corrected chi connectivity index (χ3v) is 2.70. The van der Waals surface area contributed by atoms with Crippen LogP contribution in [0.4, 0.5) is 5.95 Å². The van der Waals surface area contributed by atoms with Gasteiger partial charge in [0.1, 0.15) is 0 Å². The van der Waals surface area contributed by atoms with E-state index < -0.39 is 0 Å². The monoisotopic (exact) mass is 208 g/mol. The lowest BCUT2D eigenvalue weighted by molar-refractivity contribution is 0.655. The summed E-state index contributed by atoms with van der Waals surface area (Å²) in [6.07, 6.45) is 7.74. The number of rotatable bonds is 7. The molecule has 2 N–H and O–H groups in total. The lowest BCUT2D eigenvalue weighted by atomic mass is 10.4. The number of aryl methyl sites for hydroxylation is 1. The van der Waals surface area contributed by atoms with Crippen LogP contribution >= 0.6 is 0 Å². The first-order valence-corrected chi connectivity index (χ1v) is 5.88. The first-order chi connectivity index (χ1) is 7.40. The summed E-state index contributed by atoms with van der Waals surface area (Å²) in [7, 11) is 0. The number of hydrogen-bond acceptors (Lipinski definition) is 3. The van der Waals surface area contributed by atoms with Crippen molar-refractivity contribution < 1.29 is 0 Å². The van der Waals surface area contributed by atoms with Gasteiger partial charge in [0.25, 0.3) is 0 Å². The van der Waals surface area contributed by atoms with Crippen molar-refractivity contribution >= 4 is 5.95 Å². The average molecular weight is 208 g/mol. The van der Waals surface area contributed by atoms with E-state index in [1.54, 1.807) is 0 Å². The van der Waals surface area contributed by atoms with Gasteiger partial charge < -0.3 is 15.2 Å². The molecule has 0 aromatic carbocycles. The van der Waals surface area contributed by atoms with Gasteiger partial charge in [-0.15, -0.1) is 0 Å². The Morgan fingerprint density at radius 1 is 1.47 bits per heavy atom. The fraction of sp³-hybridized carbons (Fsp3) is 0.727.